The Morgan fingerprint density at radius 1 is 1.22 bits per heavy atom. The van der Waals surface area contributed by atoms with Gasteiger partial charge in [0.15, 0.2) is 5.78 Å². The number of hydrogen-bond donors (Lipinski definition) is 1. The third-order valence-electron chi connectivity index (χ3n) is 2.71. The van der Waals surface area contributed by atoms with Gasteiger partial charge in [-0.1, -0.05) is 17.7 Å². The zero-order chi connectivity index (χ0) is 13.3. The second kappa shape index (κ2) is 4.78. The van der Waals surface area contributed by atoms with Crippen LogP contribution in [-0.2, 0) is 0 Å². The van der Waals surface area contributed by atoms with Gasteiger partial charge >= 0.3 is 0 Å². The lowest BCUT2D eigenvalue weighted by Gasteiger charge is -2.06. The highest BCUT2D eigenvalue weighted by Gasteiger charge is 2.13. The molecule has 0 amide bonds. The van der Waals surface area contributed by atoms with Crippen molar-refractivity contribution >= 4 is 23.1 Å². The zero-order valence-corrected chi connectivity index (χ0v) is 10.5. The Labute approximate surface area is 109 Å². The van der Waals surface area contributed by atoms with Crippen LogP contribution in [0.1, 0.15) is 21.5 Å². The van der Waals surface area contributed by atoms with Crippen LogP contribution >= 0.6 is 11.6 Å². The number of rotatable bonds is 2. The molecule has 0 aliphatic carbocycles. The Morgan fingerprint density at radius 2 is 1.94 bits per heavy atom. The van der Waals surface area contributed by atoms with E-state index < -0.39 is 5.82 Å². The highest BCUT2D eigenvalue weighted by Crippen LogP contribution is 2.22. The molecule has 2 nitrogen and oxygen atoms in total. The van der Waals surface area contributed by atoms with Gasteiger partial charge in [0.05, 0.1) is 10.7 Å². The van der Waals surface area contributed by atoms with E-state index in [1.807, 2.05) is 0 Å². The predicted molar refractivity (Wildman–Crippen MR) is 70.4 cm³/mol. The van der Waals surface area contributed by atoms with E-state index in [0.717, 1.165) is 0 Å². The largest absolute Gasteiger partial charge is 0.398 e. The molecule has 0 radical (unpaired) electrons. The zero-order valence-electron chi connectivity index (χ0n) is 9.71. The molecule has 0 fully saturated rings. The fourth-order valence-electron chi connectivity index (χ4n) is 1.66. The molecule has 2 aromatic rings. The number of carbonyl (C=O) groups is 1. The van der Waals surface area contributed by atoms with Crippen LogP contribution in [0.15, 0.2) is 36.4 Å². The normalized spacial score (nSPS) is 10.4. The summed E-state index contributed by atoms with van der Waals surface area (Å²) in [7, 11) is 0. The Kier molecular flexibility index (Phi) is 3.34. The van der Waals surface area contributed by atoms with E-state index in [1.165, 1.54) is 18.2 Å². The SMILES string of the molecule is Cc1ccc(F)cc1C(=O)c1ccc(N)c(Cl)c1. The maximum atomic E-state index is 13.2. The number of nitrogen functional groups attached to an aromatic ring is 1. The van der Waals surface area contributed by atoms with Gasteiger partial charge in [-0.2, -0.15) is 0 Å². The summed E-state index contributed by atoms with van der Waals surface area (Å²) in [5, 5.41) is 0.315. The van der Waals surface area contributed by atoms with Gasteiger partial charge in [-0.15, -0.1) is 0 Å². The van der Waals surface area contributed by atoms with Gasteiger partial charge in [0, 0.05) is 11.1 Å². The van der Waals surface area contributed by atoms with Gasteiger partial charge in [0.1, 0.15) is 5.82 Å². The molecule has 2 aromatic carbocycles. The van der Waals surface area contributed by atoms with E-state index in [-0.39, 0.29) is 5.78 Å². The maximum absolute atomic E-state index is 13.2. The number of anilines is 1. The molecule has 2 N–H and O–H groups in total. The summed E-state index contributed by atoms with van der Waals surface area (Å²) < 4.78 is 13.2. The minimum Gasteiger partial charge on any atom is -0.398 e. The van der Waals surface area contributed by atoms with Crippen LogP contribution in [0.5, 0.6) is 0 Å². The van der Waals surface area contributed by atoms with Crippen molar-refractivity contribution in [3.05, 3.63) is 63.9 Å². The van der Waals surface area contributed by atoms with Crippen molar-refractivity contribution in [2.24, 2.45) is 0 Å². The minimum absolute atomic E-state index is 0.270. The highest BCUT2D eigenvalue weighted by molar-refractivity contribution is 6.33. The molecule has 0 heterocycles. The van der Waals surface area contributed by atoms with Crippen LogP contribution in [0.3, 0.4) is 0 Å². The standard InChI is InChI=1S/C14H11ClFNO/c1-8-2-4-10(16)7-11(8)14(18)9-3-5-13(17)12(15)6-9/h2-7H,17H2,1H3. The molecule has 0 saturated heterocycles. The van der Waals surface area contributed by atoms with Crippen LogP contribution < -0.4 is 5.73 Å². The summed E-state index contributed by atoms with van der Waals surface area (Å²) in [6.45, 7) is 1.76. The average molecular weight is 264 g/mol. The molecule has 0 atom stereocenters. The number of aryl methyl sites for hydroxylation is 1. The number of ketones is 1. The number of carbonyl (C=O) groups excluding carboxylic acids is 1. The van der Waals surface area contributed by atoms with Crippen LogP contribution in [0.4, 0.5) is 10.1 Å². The minimum atomic E-state index is -0.439. The van der Waals surface area contributed by atoms with Crippen molar-refractivity contribution in [2.75, 3.05) is 5.73 Å². The lowest BCUT2D eigenvalue weighted by molar-refractivity contribution is 0.103. The molecule has 18 heavy (non-hydrogen) atoms. The fraction of sp³-hybridized carbons (Fsp3) is 0.0714. The first-order valence-electron chi connectivity index (χ1n) is 5.35. The number of hydrogen-bond acceptors (Lipinski definition) is 2. The second-order valence-corrected chi connectivity index (χ2v) is 4.43. The fourth-order valence-corrected chi connectivity index (χ4v) is 1.84. The smallest absolute Gasteiger partial charge is 0.193 e. The van der Waals surface area contributed by atoms with E-state index in [0.29, 0.717) is 27.4 Å². The molecule has 0 aliphatic heterocycles. The van der Waals surface area contributed by atoms with Crippen molar-refractivity contribution < 1.29 is 9.18 Å². The molecular formula is C14H11ClFNO. The third kappa shape index (κ3) is 2.36. The molecule has 92 valence electrons. The highest BCUT2D eigenvalue weighted by atomic mass is 35.5. The summed E-state index contributed by atoms with van der Waals surface area (Å²) >= 11 is 5.87. The Bertz CT molecular complexity index is 625. The van der Waals surface area contributed by atoms with Crippen molar-refractivity contribution in [3.63, 3.8) is 0 Å². The van der Waals surface area contributed by atoms with Crippen LogP contribution in [-0.4, -0.2) is 5.78 Å². The van der Waals surface area contributed by atoms with Crippen molar-refractivity contribution in [1.82, 2.24) is 0 Å². The quantitative estimate of drug-likeness (QED) is 0.664. The predicted octanol–water partition coefficient (Wildman–Crippen LogP) is 3.60. The Balaban J connectivity index is 2.47. The van der Waals surface area contributed by atoms with Gasteiger partial charge in [-0.05, 0) is 42.8 Å². The molecule has 0 saturated carbocycles. The molecule has 0 aromatic heterocycles. The molecule has 0 unspecified atom stereocenters. The molecule has 2 rings (SSSR count). The number of benzene rings is 2. The van der Waals surface area contributed by atoms with Crippen molar-refractivity contribution in [2.45, 2.75) is 6.92 Å². The molecule has 4 heteroatoms. The molecular weight excluding hydrogens is 253 g/mol. The number of halogens is 2. The van der Waals surface area contributed by atoms with Gasteiger partial charge in [0.25, 0.3) is 0 Å². The van der Waals surface area contributed by atoms with Crippen LogP contribution in [0, 0.1) is 12.7 Å². The van der Waals surface area contributed by atoms with Gasteiger partial charge in [-0.3, -0.25) is 4.79 Å². The molecule has 0 aliphatic rings. The first kappa shape index (κ1) is 12.6. The average Bonchev–Trinajstić information content (AvgIpc) is 2.35. The van der Waals surface area contributed by atoms with Gasteiger partial charge in [0.2, 0.25) is 0 Å². The van der Waals surface area contributed by atoms with Gasteiger partial charge < -0.3 is 5.73 Å². The lowest BCUT2D eigenvalue weighted by Crippen LogP contribution is -2.04. The maximum Gasteiger partial charge on any atom is 0.193 e. The van der Waals surface area contributed by atoms with Crippen molar-refractivity contribution in [3.8, 4) is 0 Å². The Morgan fingerprint density at radius 3 is 2.61 bits per heavy atom. The first-order chi connectivity index (χ1) is 8.49. The van der Waals surface area contributed by atoms with Crippen LogP contribution in [0.25, 0.3) is 0 Å². The molecule has 0 bridgehead atoms. The summed E-state index contributed by atoms with van der Waals surface area (Å²) in [6.07, 6.45) is 0. The monoisotopic (exact) mass is 263 g/mol. The van der Waals surface area contributed by atoms with Gasteiger partial charge in [-0.25, -0.2) is 4.39 Å². The summed E-state index contributed by atoms with van der Waals surface area (Å²) in [5.74, 6) is -0.709. The van der Waals surface area contributed by atoms with Crippen molar-refractivity contribution in [1.29, 1.82) is 0 Å². The first-order valence-corrected chi connectivity index (χ1v) is 5.72. The van der Waals surface area contributed by atoms with E-state index in [9.17, 15) is 9.18 Å². The topological polar surface area (TPSA) is 43.1 Å². The Hall–Kier alpha value is -1.87. The molecule has 0 spiro atoms. The lowest BCUT2D eigenvalue weighted by atomic mass is 9.99. The second-order valence-electron chi connectivity index (χ2n) is 4.02. The van der Waals surface area contributed by atoms with E-state index >= 15 is 0 Å². The third-order valence-corrected chi connectivity index (χ3v) is 3.03. The van der Waals surface area contributed by atoms with E-state index in [1.54, 1.807) is 25.1 Å². The summed E-state index contributed by atoms with van der Waals surface area (Å²) in [5.41, 5.74) is 7.42. The summed E-state index contributed by atoms with van der Waals surface area (Å²) in [4.78, 5) is 12.2. The number of nitrogens with two attached hydrogens (primary N) is 1. The summed E-state index contributed by atoms with van der Waals surface area (Å²) in [6, 6.07) is 8.74. The van der Waals surface area contributed by atoms with E-state index in [2.05, 4.69) is 0 Å². The van der Waals surface area contributed by atoms with E-state index in [4.69, 9.17) is 17.3 Å². The van der Waals surface area contributed by atoms with Crippen LogP contribution in [0.2, 0.25) is 5.02 Å².